The lowest BCUT2D eigenvalue weighted by Gasteiger charge is -2.08. The number of benzene rings is 2. The minimum Gasteiger partial charge on any atom is -0.508 e. The van der Waals surface area contributed by atoms with Crippen molar-refractivity contribution >= 4 is 17.0 Å². The summed E-state index contributed by atoms with van der Waals surface area (Å²) in [4.78, 5) is 5.23. The highest BCUT2D eigenvalue weighted by Gasteiger charge is 2.11. The Morgan fingerprint density at radius 1 is 1.21 bits per heavy atom. The van der Waals surface area contributed by atoms with Crippen LogP contribution in [0.15, 0.2) is 70.6 Å². The fraction of sp³-hybridized carbons (Fsp3) is 0.143. The van der Waals surface area contributed by atoms with E-state index in [0.29, 0.717) is 22.6 Å². The summed E-state index contributed by atoms with van der Waals surface area (Å²) in [6.07, 6.45) is 1.72. The lowest BCUT2D eigenvalue weighted by Crippen LogP contribution is -2.14. The molecule has 28 heavy (non-hydrogen) atoms. The van der Waals surface area contributed by atoms with Gasteiger partial charge in [-0.2, -0.15) is 5.10 Å². The first-order valence-corrected chi connectivity index (χ1v) is 9.45. The van der Waals surface area contributed by atoms with Gasteiger partial charge in [-0.3, -0.25) is 4.99 Å². The van der Waals surface area contributed by atoms with Crippen LogP contribution in [-0.2, 0) is 0 Å². The molecule has 3 rings (SSSR count). The number of phenols is 2. The maximum Gasteiger partial charge on any atom is 0.206 e. The maximum atomic E-state index is 10.1. The molecule has 144 valence electrons. The van der Waals surface area contributed by atoms with Crippen molar-refractivity contribution in [2.75, 3.05) is 13.7 Å². The van der Waals surface area contributed by atoms with Crippen LogP contribution in [0.3, 0.4) is 0 Å². The molecule has 2 N–H and O–H groups in total. The molecule has 0 radical (unpaired) electrons. The summed E-state index contributed by atoms with van der Waals surface area (Å²) in [5, 5.41) is 26.3. The molecule has 3 aromatic rings. The van der Waals surface area contributed by atoms with E-state index in [-0.39, 0.29) is 11.5 Å². The molecule has 1 heterocycles. The quantitative estimate of drug-likeness (QED) is 0.489. The fourth-order valence-corrected chi connectivity index (χ4v) is 3.48. The van der Waals surface area contributed by atoms with Gasteiger partial charge in [-0.25, -0.2) is 4.68 Å². The Morgan fingerprint density at radius 2 is 1.96 bits per heavy atom. The number of thiazole rings is 1. The summed E-state index contributed by atoms with van der Waals surface area (Å²) in [5.74, 6) is 0.737. The zero-order chi connectivity index (χ0) is 20.1. The molecule has 1 aromatic heterocycles. The highest BCUT2D eigenvalue weighted by molar-refractivity contribution is 7.07. The molecule has 0 saturated carbocycles. The molecule has 0 aliphatic heterocycles. The van der Waals surface area contributed by atoms with Crippen LogP contribution in [0.2, 0.25) is 0 Å². The molecule has 0 atom stereocenters. The van der Waals surface area contributed by atoms with Crippen LogP contribution in [0, 0.1) is 0 Å². The van der Waals surface area contributed by atoms with Crippen LogP contribution in [0.5, 0.6) is 17.2 Å². The van der Waals surface area contributed by atoms with Crippen LogP contribution in [-0.4, -0.2) is 34.3 Å². The average molecular weight is 395 g/mol. The molecule has 7 heteroatoms. The van der Waals surface area contributed by atoms with E-state index in [4.69, 9.17) is 9.84 Å². The van der Waals surface area contributed by atoms with Crippen molar-refractivity contribution < 1.29 is 14.9 Å². The predicted molar refractivity (Wildman–Crippen MR) is 112 cm³/mol. The van der Waals surface area contributed by atoms with Gasteiger partial charge in [-0.05, 0) is 43.3 Å². The van der Waals surface area contributed by atoms with Crippen LogP contribution in [0.4, 0.5) is 0 Å². The zero-order valence-corrected chi connectivity index (χ0v) is 16.5. The van der Waals surface area contributed by atoms with Crippen LogP contribution in [0.25, 0.3) is 11.3 Å². The van der Waals surface area contributed by atoms with Gasteiger partial charge in [0.15, 0.2) is 0 Å². The van der Waals surface area contributed by atoms with Gasteiger partial charge in [-0.15, -0.1) is 17.9 Å². The molecule has 0 amide bonds. The van der Waals surface area contributed by atoms with E-state index in [0.717, 1.165) is 17.0 Å². The lowest BCUT2D eigenvalue weighted by molar-refractivity contribution is 0.415. The van der Waals surface area contributed by atoms with Crippen molar-refractivity contribution in [2.45, 2.75) is 6.92 Å². The van der Waals surface area contributed by atoms with Gasteiger partial charge in [0.25, 0.3) is 0 Å². The van der Waals surface area contributed by atoms with E-state index >= 15 is 0 Å². The Kier molecular flexibility index (Phi) is 5.96. The lowest BCUT2D eigenvalue weighted by atomic mass is 10.1. The van der Waals surface area contributed by atoms with E-state index in [1.165, 1.54) is 23.5 Å². The smallest absolute Gasteiger partial charge is 0.206 e. The summed E-state index contributed by atoms with van der Waals surface area (Å²) in [6, 6.07) is 12.1. The fourth-order valence-electron chi connectivity index (χ4n) is 2.64. The number of aromatic nitrogens is 1. The van der Waals surface area contributed by atoms with Gasteiger partial charge >= 0.3 is 0 Å². The third-order valence-corrected chi connectivity index (χ3v) is 4.90. The molecule has 0 bridgehead atoms. The van der Waals surface area contributed by atoms with E-state index in [1.807, 2.05) is 29.6 Å². The monoisotopic (exact) mass is 395 g/mol. The molecule has 6 nitrogen and oxygen atoms in total. The second-order valence-corrected chi connectivity index (χ2v) is 6.80. The molecule has 2 aromatic carbocycles. The summed E-state index contributed by atoms with van der Waals surface area (Å²) in [5.41, 5.74) is 2.95. The minimum absolute atomic E-state index is 0.00201. The Morgan fingerprint density at radius 3 is 2.61 bits per heavy atom. The number of rotatable bonds is 6. The summed E-state index contributed by atoms with van der Waals surface area (Å²) >= 11 is 1.47. The summed E-state index contributed by atoms with van der Waals surface area (Å²) in [6.45, 7) is 5.98. The Bertz CT molecular complexity index is 1080. The van der Waals surface area contributed by atoms with E-state index < -0.39 is 0 Å². The molecule has 0 fully saturated rings. The molecule has 0 aliphatic rings. The minimum atomic E-state index is -0.0346. The van der Waals surface area contributed by atoms with Gasteiger partial charge in [-0.1, -0.05) is 6.08 Å². The van der Waals surface area contributed by atoms with Crippen LogP contribution >= 0.6 is 11.3 Å². The summed E-state index contributed by atoms with van der Waals surface area (Å²) in [7, 11) is 1.63. The molecule has 0 aliphatic carbocycles. The molecule has 0 saturated heterocycles. The van der Waals surface area contributed by atoms with E-state index in [9.17, 15) is 10.2 Å². The van der Waals surface area contributed by atoms with Crippen LogP contribution < -0.4 is 9.54 Å². The Labute approximate surface area is 167 Å². The third kappa shape index (κ3) is 4.15. The number of aromatic hydroxyl groups is 2. The first kappa shape index (κ1) is 19.4. The highest BCUT2D eigenvalue weighted by atomic mass is 32.1. The van der Waals surface area contributed by atoms with Crippen LogP contribution in [0.1, 0.15) is 12.5 Å². The van der Waals surface area contributed by atoms with Crippen molar-refractivity contribution in [3.05, 3.63) is 70.9 Å². The highest BCUT2D eigenvalue weighted by Crippen LogP contribution is 2.25. The average Bonchev–Trinajstić information content (AvgIpc) is 3.08. The van der Waals surface area contributed by atoms with Gasteiger partial charge < -0.3 is 14.9 Å². The Hall–Kier alpha value is -3.32. The number of phenolic OH excluding ortho intramolecular Hbond substituents is 2. The number of hydrogen-bond donors (Lipinski definition) is 2. The van der Waals surface area contributed by atoms with Crippen molar-refractivity contribution in [1.29, 1.82) is 0 Å². The van der Waals surface area contributed by atoms with E-state index in [2.05, 4.69) is 11.6 Å². The van der Waals surface area contributed by atoms with Crippen molar-refractivity contribution in [1.82, 2.24) is 4.68 Å². The number of methoxy groups -OCH3 is 1. The largest absolute Gasteiger partial charge is 0.508 e. The topological polar surface area (TPSA) is 79.3 Å². The number of hydrogen-bond acceptors (Lipinski definition) is 6. The standard InChI is InChI=1S/C21H21N3O3S/c1-4-11-22-21-24(23-14(2)18-10-7-16(25)12-20(18)26)19(13-28-21)15-5-8-17(27-3)9-6-15/h4-10,12-13,25-26H,1,11H2,2-3H3. The van der Waals surface area contributed by atoms with Crippen molar-refractivity contribution in [2.24, 2.45) is 10.1 Å². The second-order valence-electron chi connectivity index (χ2n) is 5.96. The SMILES string of the molecule is C=CCN=c1scc(-c2ccc(OC)cc2)n1N=C(C)c1ccc(O)cc1O. The van der Waals surface area contributed by atoms with Crippen molar-refractivity contribution in [3.8, 4) is 28.5 Å². The van der Waals surface area contributed by atoms with Gasteiger partial charge in [0, 0.05) is 22.6 Å². The normalized spacial score (nSPS) is 12.2. The first-order valence-electron chi connectivity index (χ1n) is 8.57. The third-order valence-electron chi connectivity index (χ3n) is 4.05. The molecular formula is C21H21N3O3S. The Balaban J connectivity index is 2.13. The van der Waals surface area contributed by atoms with Gasteiger partial charge in [0.2, 0.25) is 4.80 Å². The first-order chi connectivity index (χ1) is 13.5. The molecular weight excluding hydrogens is 374 g/mol. The van der Waals surface area contributed by atoms with Gasteiger partial charge in [0.1, 0.15) is 17.2 Å². The number of ether oxygens (including phenoxy) is 1. The maximum absolute atomic E-state index is 10.1. The molecule has 0 spiro atoms. The number of nitrogens with zero attached hydrogens (tertiary/aromatic N) is 3. The predicted octanol–water partition coefficient (Wildman–Crippen LogP) is 4.00. The van der Waals surface area contributed by atoms with Gasteiger partial charge in [0.05, 0.1) is 25.1 Å². The summed E-state index contributed by atoms with van der Waals surface area (Å²) < 4.78 is 6.98. The van der Waals surface area contributed by atoms with E-state index in [1.54, 1.807) is 30.9 Å². The van der Waals surface area contributed by atoms with Crippen molar-refractivity contribution in [3.63, 3.8) is 0 Å². The second kappa shape index (κ2) is 8.58. The molecule has 0 unspecified atom stereocenters. The zero-order valence-electron chi connectivity index (χ0n) is 15.7.